The molecular weight excluding hydrogens is 274 g/mol. The predicted octanol–water partition coefficient (Wildman–Crippen LogP) is 1.07. The second kappa shape index (κ2) is 6.35. The number of nitriles is 1. The molecule has 1 saturated heterocycles. The van der Waals surface area contributed by atoms with Crippen LogP contribution in [0.3, 0.4) is 0 Å². The molecule has 20 heavy (non-hydrogen) atoms. The van der Waals surface area contributed by atoms with Crippen LogP contribution in [0.5, 0.6) is 0 Å². The number of nitrogens with zero attached hydrogens (tertiary/aromatic N) is 2. The topological polar surface area (TPSA) is 73.2 Å². The third-order valence-electron chi connectivity index (χ3n) is 3.66. The van der Waals surface area contributed by atoms with Gasteiger partial charge in [0.15, 0.2) is 0 Å². The molecule has 1 aliphatic rings. The standard InChI is InChI=1S/C14H19N3O2S/c1-16-14-7-4-8-17(10-14)20(18,19)11-13-6-3-2-5-12(13)9-15/h2-3,5-6,14,16H,4,7-8,10-11H2,1H3. The number of benzene rings is 1. The summed E-state index contributed by atoms with van der Waals surface area (Å²) in [6, 6.07) is 9.12. The molecule has 1 aromatic carbocycles. The van der Waals surface area contributed by atoms with Crippen molar-refractivity contribution in [3.63, 3.8) is 0 Å². The van der Waals surface area contributed by atoms with Gasteiger partial charge >= 0.3 is 0 Å². The number of rotatable bonds is 4. The molecule has 0 radical (unpaired) electrons. The van der Waals surface area contributed by atoms with Gasteiger partial charge in [-0.1, -0.05) is 18.2 Å². The summed E-state index contributed by atoms with van der Waals surface area (Å²) in [6.45, 7) is 1.07. The van der Waals surface area contributed by atoms with Crippen LogP contribution in [0, 0.1) is 11.3 Å². The average Bonchev–Trinajstić information content (AvgIpc) is 2.47. The van der Waals surface area contributed by atoms with Crippen LogP contribution in [-0.4, -0.2) is 38.9 Å². The first-order valence-electron chi connectivity index (χ1n) is 6.70. The van der Waals surface area contributed by atoms with Gasteiger partial charge in [0.1, 0.15) is 0 Å². The molecule has 6 heteroatoms. The maximum absolute atomic E-state index is 12.5. The van der Waals surface area contributed by atoms with Gasteiger partial charge in [-0.25, -0.2) is 12.7 Å². The van der Waals surface area contributed by atoms with Gasteiger partial charge in [0.2, 0.25) is 10.0 Å². The predicted molar refractivity (Wildman–Crippen MR) is 77.4 cm³/mol. The fourth-order valence-electron chi connectivity index (χ4n) is 2.47. The maximum atomic E-state index is 12.5. The number of sulfonamides is 1. The number of likely N-dealkylation sites (N-methyl/N-ethyl adjacent to an activating group) is 1. The summed E-state index contributed by atoms with van der Waals surface area (Å²) in [4.78, 5) is 0. The monoisotopic (exact) mass is 293 g/mol. The lowest BCUT2D eigenvalue weighted by Crippen LogP contribution is -2.47. The molecule has 1 heterocycles. The van der Waals surface area contributed by atoms with Crippen molar-refractivity contribution in [2.45, 2.75) is 24.6 Å². The molecule has 0 saturated carbocycles. The third kappa shape index (κ3) is 3.37. The van der Waals surface area contributed by atoms with E-state index in [4.69, 9.17) is 5.26 Å². The Morgan fingerprint density at radius 1 is 1.45 bits per heavy atom. The van der Waals surface area contributed by atoms with Gasteiger partial charge in [0, 0.05) is 19.1 Å². The molecule has 0 aromatic heterocycles. The van der Waals surface area contributed by atoms with Gasteiger partial charge in [-0.05, 0) is 31.5 Å². The van der Waals surface area contributed by atoms with Gasteiger partial charge in [-0.2, -0.15) is 5.26 Å². The number of hydrogen-bond acceptors (Lipinski definition) is 4. The minimum absolute atomic E-state index is 0.104. The summed E-state index contributed by atoms with van der Waals surface area (Å²) >= 11 is 0. The summed E-state index contributed by atoms with van der Waals surface area (Å²) in [5.74, 6) is -0.104. The van der Waals surface area contributed by atoms with Crippen molar-refractivity contribution in [3.8, 4) is 6.07 Å². The van der Waals surface area contributed by atoms with E-state index in [1.165, 1.54) is 4.31 Å². The van der Waals surface area contributed by atoms with E-state index in [0.717, 1.165) is 12.8 Å². The van der Waals surface area contributed by atoms with Gasteiger partial charge in [-0.3, -0.25) is 0 Å². The molecule has 108 valence electrons. The molecule has 1 atom stereocenters. The second-order valence-electron chi connectivity index (χ2n) is 5.01. The number of hydrogen-bond donors (Lipinski definition) is 1. The van der Waals surface area contributed by atoms with Gasteiger partial charge < -0.3 is 5.32 Å². The molecule has 0 amide bonds. The Labute approximate surface area is 120 Å². The third-order valence-corrected chi connectivity index (χ3v) is 5.46. The second-order valence-corrected chi connectivity index (χ2v) is 6.98. The first kappa shape index (κ1) is 15.0. The molecule has 5 nitrogen and oxygen atoms in total. The molecule has 1 aliphatic heterocycles. The quantitative estimate of drug-likeness (QED) is 0.901. The highest BCUT2D eigenvalue weighted by molar-refractivity contribution is 7.88. The highest BCUT2D eigenvalue weighted by atomic mass is 32.2. The van der Waals surface area contributed by atoms with Crippen LogP contribution in [0.4, 0.5) is 0 Å². The highest BCUT2D eigenvalue weighted by Gasteiger charge is 2.28. The van der Waals surface area contributed by atoms with Crippen LogP contribution in [0.15, 0.2) is 24.3 Å². The normalized spacial score (nSPS) is 20.5. The van der Waals surface area contributed by atoms with Crippen LogP contribution in [0.2, 0.25) is 0 Å². The van der Waals surface area contributed by atoms with Crippen molar-refractivity contribution < 1.29 is 8.42 Å². The van der Waals surface area contributed by atoms with Crippen LogP contribution in [-0.2, 0) is 15.8 Å². The Hall–Kier alpha value is -1.42. The van der Waals surface area contributed by atoms with E-state index in [1.54, 1.807) is 24.3 Å². The maximum Gasteiger partial charge on any atom is 0.218 e. The summed E-state index contributed by atoms with van der Waals surface area (Å²) in [7, 11) is -1.52. The van der Waals surface area contributed by atoms with Crippen LogP contribution >= 0.6 is 0 Å². The zero-order valence-corrected chi connectivity index (χ0v) is 12.4. The van der Waals surface area contributed by atoms with E-state index in [1.807, 2.05) is 13.1 Å². The largest absolute Gasteiger partial charge is 0.316 e. The Bertz CT molecular complexity index is 607. The summed E-state index contributed by atoms with van der Waals surface area (Å²) in [5, 5.41) is 12.2. The lowest BCUT2D eigenvalue weighted by molar-refractivity contribution is 0.292. The zero-order valence-electron chi connectivity index (χ0n) is 11.5. The molecule has 0 bridgehead atoms. The molecule has 0 aliphatic carbocycles. The van der Waals surface area contributed by atoms with E-state index in [9.17, 15) is 8.42 Å². The van der Waals surface area contributed by atoms with Crippen molar-refractivity contribution in [1.29, 1.82) is 5.26 Å². The van der Waals surface area contributed by atoms with Gasteiger partial charge in [0.25, 0.3) is 0 Å². The molecule has 1 N–H and O–H groups in total. The lowest BCUT2D eigenvalue weighted by atomic mass is 10.1. The van der Waals surface area contributed by atoms with E-state index >= 15 is 0 Å². The van der Waals surface area contributed by atoms with E-state index in [2.05, 4.69) is 5.32 Å². The molecule has 0 spiro atoms. The minimum atomic E-state index is -3.37. The average molecular weight is 293 g/mol. The molecule has 1 unspecified atom stereocenters. The molecular formula is C14H19N3O2S. The van der Waals surface area contributed by atoms with Crippen LogP contribution in [0.1, 0.15) is 24.0 Å². The fourth-order valence-corrected chi connectivity index (χ4v) is 4.12. The Morgan fingerprint density at radius 3 is 2.90 bits per heavy atom. The van der Waals surface area contributed by atoms with Gasteiger partial charge in [0.05, 0.1) is 17.4 Å². The van der Waals surface area contributed by atoms with Crippen molar-refractivity contribution >= 4 is 10.0 Å². The number of piperidine rings is 1. The molecule has 2 rings (SSSR count). The smallest absolute Gasteiger partial charge is 0.218 e. The van der Waals surface area contributed by atoms with Crippen molar-refractivity contribution in [1.82, 2.24) is 9.62 Å². The van der Waals surface area contributed by atoms with E-state index in [0.29, 0.717) is 24.2 Å². The van der Waals surface area contributed by atoms with Gasteiger partial charge in [-0.15, -0.1) is 0 Å². The Balaban J connectivity index is 2.17. The highest BCUT2D eigenvalue weighted by Crippen LogP contribution is 2.19. The lowest BCUT2D eigenvalue weighted by Gasteiger charge is -2.31. The summed E-state index contributed by atoms with van der Waals surface area (Å²) in [6.07, 6.45) is 1.86. The Morgan fingerprint density at radius 2 is 2.20 bits per heavy atom. The van der Waals surface area contributed by atoms with Crippen LogP contribution in [0.25, 0.3) is 0 Å². The minimum Gasteiger partial charge on any atom is -0.316 e. The van der Waals surface area contributed by atoms with Crippen LogP contribution < -0.4 is 5.32 Å². The van der Waals surface area contributed by atoms with Crippen molar-refractivity contribution in [3.05, 3.63) is 35.4 Å². The molecule has 1 fully saturated rings. The first-order valence-corrected chi connectivity index (χ1v) is 8.31. The summed E-state index contributed by atoms with van der Waals surface area (Å²) < 4.78 is 26.5. The number of nitrogens with one attached hydrogen (secondary N) is 1. The fraction of sp³-hybridized carbons (Fsp3) is 0.500. The Kier molecular flexibility index (Phi) is 4.76. The van der Waals surface area contributed by atoms with Crippen molar-refractivity contribution in [2.24, 2.45) is 0 Å². The summed E-state index contributed by atoms with van der Waals surface area (Å²) in [5.41, 5.74) is 1.000. The molecule has 1 aromatic rings. The van der Waals surface area contributed by atoms with E-state index in [-0.39, 0.29) is 11.8 Å². The zero-order chi connectivity index (χ0) is 14.6. The first-order chi connectivity index (χ1) is 9.56. The van der Waals surface area contributed by atoms with E-state index < -0.39 is 10.0 Å². The van der Waals surface area contributed by atoms with Crippen molar-refractivity contribution in [2.75, 3.05) is 20.1 Å². The SMILES string of the molecule is CNC1CCCN(S(=O)(=O)Cc2ccccc2C#N)C1.